The quantitative estimate of drug-likeness (QED) is 0.855. The minimum Gasteiger partial charge on any atom is -0.366 e. The fourth-order valence-corrected chi connectivity index (χ4v) is 3.74. The van der Waals surface area contributed by atoms with Crippen molar-refractivity contribution in [3.05, 3.63) is 33.4 Å². The summed E-state index contributed by atoms with van der Waals surface area (Å²) in [6.45, 7) is 8.40. The Morgan fingerprint density at radius 2 is 1.47 bits per heavy atom. The highest BCUT2D eigenvalue weighted by Crippen LogP contribution is 2.39. The summed E-state index contributed by atoms with van der Waals surface area (Å²) < 4.78 is 0. The maximum atomic E-state index is 11.8. The molecule has 1 aliphatic rings. The smallest absolute Gasteiger partial charge is 0.249 e. The first-order chi connectivity index (χ1) is 8.95. The van der Waals surface area contributed by atoms with Crippen molar-refractivity contribution in [2.45, 2.75) is 65.7 Å². The molecule has 1 saturated carbocycles. The van der Waals surface area contributed by atoms with Gasteiger partial charge in [-0.05, 0) is 74.3 Å². The summed E-state index contributed by atoms with van der Waals surface area (Å²) in [5.41, 5.74) is 12.5. The zero-order valence-corrected chi connectivity index (χ0v) is 12.6. The average molecular weight is 259 g/mol. The van der Waals surface area contributed by atoms with Gasteiger partial charge < -0.3 is 5.73 Å². The van der Waals surface area contributed by atoms with Crippen molar-refractivity contribution in [2.24, 2.45) is 5.73 Å². The number of hydrogen-bond donors (Lipinski definition) is 1. The summed E-state index contributed by atoms with van der Waals surface area (Å²) in [6.07, 6.45) is 6.47. The van der Waals surface area contributed by atoms with Gasteiger partial charge in [0.25, 0.3) is 0 Å². The summed E-state index contributed by atoms with van der Waals surface area (Å²) in [6, 6.07) is 0. The molecule has 0 unspecified atom stereocenters. The third-order valence-electron chi connectivity index (χ3n) is 4.94. The van der Waals surface area contributed by atoms with E-state index < -0.39 is 0 Å². The van der Waals surface area contributed by atoms with Crippen LogP contribution in [0.4, 0.5) is 0 Å². The number of rotatable bonds is 2. The van der Waals surface area contributed by atoms with Gasteiger partial charge in [0.15, 0.2) is 0 Å². The van der Waals surface area contributed by atoms with Gasteiger partial charge in [0.1, 0.15) is 0 Å². The second-order valence-corrected chi connectivity index (χ2v) is 5.99. The van der Waals surface area contributed by atoms with Gasteiger partial charge >= 0.3 is 0 Å². The van der Waals surface area contributed by atoms with E-state index >= 15 is 0 Å². The zero-order chi connectivity index (χ0) is 14.2. The van der Waals surface area contributed by atoms with Crippen LogP contribution in [0.25, 0.3) is 0 Å². The van der Waals surface area contributed by atoms with Crippen LogP contribution >= 0.6 is 0 Å². The van der Waals surface area contributed by atoms with E-state index in [-0.39, 0.29) is 5.91 Å². The Kier molecular flexibility index (Phi) is 3.98. The van der Waals surface area contributed by atoms with Crippen molar-refractivity contribution in [1.29, 1.82) is 0 Å². The predicted molar refractivity (Wildman–Crippen MR) is 79.7 cm³/mol. The van der Waals surface area contributed by atoms with Crippen molar-refractivity contribution in [3.8, 4) is 0 Å². The molecule has 0 spiro atoms. The van der Waals surface area contributed by atoms with Gasteiger partial charge in [-0.15, -0.1) is 0 Å². The second-order valence-electron chi connectivity index (χ2n) is 5.99. The molecule has 0 atom stereocenters. The van der Waals surface area contributed by atoms with Crippen LogP contribution in [-0.2, 0) is 0 Å². The fraction of sp³-hybridized carbons (Fsp3) is 0.588. The van der Waals surface area contributed by atoms with Gasteiger partial charge in [0, 0.05) is 5.56 Å². The molecular weight excluding hydrogens is 234 g/mol. The molecule has 2 heteroatoms. The van der Waals surface area contributed by atoms with E-state index in [9.17, 15) is 4.79 Å². The first kappa shape index (κ1) is 14.1. The highest BCUT2D eigenvalue weighted by molar-refractivity contribution is 5.96. The van der Waals surface area contributed by atoms with Crippen LogP contribution in [0.3, 0.4) is 0 Å². The predicted octanol–water partition coefficient (Wildman–Crippen LogP) is 4.07. The number of carbonyl (C=O) groups is 1. The van der Waals surface area contributed by atoms with Crippen LogP contribution in [-0.4, -0.2) is 5.91 Å². The normalized spacial score (nSPS) is 16.6. The van der Waals surface area contributed by atoms with E-state index in [2.05, 4.69) is 20.8 Å². The second kappa shape index (κ2) is 5.36. The fourth-order valence-electron chi connectivity index (χ4n) is 3.74. The van der Waals surface area contributed by atoms with Crippen LogP contribution in [0.2, 0.25) is 0 Å². The van der Waals surface area contributed by atoms with Gasteiger partial charge in [0.05, 0.1) is 0 Å². The Labute approximate surface area is 116 Å². The molecule has 2 rings (SSSR count). The van der Waals surface area contributed by atoms with E-state index in [0.29, 0.717) is 5.92 Å². The largest absolute Gasteiger partial charge is 0.366 e. The minimum absolute atomic E-state index is 0.282. The maximum Gasteiger partial charge on any atom is 0.249 e. The van der Waals surface area contributed by atoms with Crippen molar-refractivity contribution in [3.63, 3.8) is 0 Å². The van der Waals surface area contributed by atoms with Crippen LogP contribution in [0.1, 0.15) is 76.2 Å². The molecular formula is C17H25NO. The Morgan fingerprint density at radius 1 is 0.895 bits per heavy atom. The summed E-state index contributed by atoms with van der Waals surface area (Å²) in [4.78, 5) is 11.8. The molecule has 0 aromatic heterocycles. The summed E-state index contributed by atoms with van der Waals surface area (Å²) in [7, 11) is 0. The molecule has 0 radical (unpaired) electrons. The van der Waals surface area contributed by atoms with E-state index in [1.165, 1.54) is 48.8 Å². The molecule has 0 saturated heterocycles. The molecule has 1 aliphatic carbocycles. The Hall–Kier alpha value is -1.31. The van der Waals surface area contributed by atoms with Gasteiger partial charge in [-0.25, -0.2) is 0 Å². The standard InChI is InChI=1S/C17H25NO/c1-10-11(2)15(14-8-6-5-7-9-14)13(4)16(12(10)3)17(18)19/h14H,5-9H2,1-4H3,(H2,18,19). The topological polar surface area (TPSA) is 43.1 Å². The molecule has 1 aromatic rings. The van der Waals surface area contributed by atoms with E-state index in [1.807, 2.05) is 6.92 Å². The Morgan fingerprint density at radius 3 is 2.00 bits per heavy atom. The molecule has 1 fully saturated rings. The van der Waals surface area contributed by atoms with E-state index in [0.717, 1.165) is 16.7 Å². The molecule has 0 aliphatic heterocycles. The van der Waals surface area contributed by atoms with Gasteiger partial charge in [-0.2, -0.15) is 0 Å². The van der Waals surface area contributed by atoms with E-state index in [1.54, 1.807) is 0 Å². The Bertz CT molecular complexity index is 511. The van der Waals surface area contributed by atoms with Crippen LogP contribution in [0.15, 0.2) is 0 Å². The molecule has 2 nitrogen and oxygen atoms in total. The highest BCUT2D eigenvalue weighted by atomic mass is 16.1. The van der Waals surface area contributed by atoms with E-state index in [4.69, 9.17) is 5.73 Å². The molecule has 2 N–H and O–H groups in total. The summed E-state index contributed by atoms with van der Waals surface area (Å²) in [5, 5.41) is 0. The van der Waals surface area contributed by atoms with Gasteiger partial charge in [-0.3, -0.25) is 4.79 Å². The molecule has 1 amide bonds. The average Bonchev–Trinajstić information content (AvgIpc) is 2.37. The monoisotopic (exact) mass is 259 g/mol. The zero-order valence-electron chi connectivity index (χ0n) is 12.6. The SMILES string of the molecule is Cc1c(C)c(C(N)=O)c(C)c(C2CCCCC2)c1C. The van der Waals surface area contributed by atoms with Crippen molar-refractivity contribution in [1.82, 2.24) is 0 Å². The molecule has 19 heavy (non-hydrogen) atoms. The molecule has 0 heterocycles. The van der Waals surface area contributed by atoms with Gasteiger partial charge in [0.2, 0.25) is 5.91 Å². The molecule has 0 bridgehead atoms. The number of carbonyl (C=O) groups excluding carboxylic acids is 1. The lowest BCUT2D eigenvalue weighted by atomic mass is 9.77. The third-order valence-corrected chi connectivity index (χ3v) is 4.94. The highest BCUT2D eigenvalue weighted by Gasteiger charge is 2.24. The van der Waals surface area contributed by atoms with Crippen LogP contribution in [0.5, 0.6) is 0 Å². The third kappa shape index (κ3) is 2.41. The number of benzene rings is 1. The lowest BCUT2D eigenvalue weighted by molar-refractivity contribution is 0.0999. The first-order valence-corrected chi connectivity index (χ1v) is 7.35. The van der Waals surface area contributed by atoms with Crippen LogP contribution in [0, 0.1) is 27.7 Å². The molecule has 104 valence electrons. The van der Waals surface area contributed by atoms with Crippen molar-refractivity contribution in [2.75, 3.05) is 0 Å². The van der Waals surface area contributed by atoms with Crippen molar-refractivity contribution < 1.29 is 4.79 Å². The minimum atomic E-state index is -0.282. The first-order valence-electron chi connectivity index (χ1n) is 7.35. The summed E-state index contributed by atoms with van der Waals surface area (Å²) in [5.74, 6) is 0.335. The Balaban J connectivity index is 2.62. The lowest BCUT2D eigenvalue weighted by Gasteiger charge is -2.28. The lowest BCUT2D eigenvalue weighted by Crippen LogP contribution is -2.19. The number of primary amides is 1. The molecule has 1 aromatic carbocycles. The van der Waals surface area contributed by atoms with Crippen molar-refractivity contribution >= 4 is 5.91 Å². The maximum absolute atomic E-state index is 11.8. The number of hydrogen-bond acceptors (Lipinski definition) is 1. The van der Waals surface area contributed by atoms with Crippen LogP contribution < -0.4 is 5.73 Å². The summed E-state index contributed by atoms with van der Waals surface area (Å²) >= 11 is 0. The number of amides is 1. The number of nitrogens with two attached hydrogens (primary N) is 1. The van der Waals surface area contributed by atoms with Gasteiger partial charge in [-0.1, -0.05) is 19.3 Å².